The Morgan fingerprint density at radius 1 is 1.00 bits per heavy atom. The molecule has 6 rings (SSSR count). The van der Waals surface area contributed by atoms with E-state index in [0.717, 1.165) is 60.8 Å². The van der Waals surface area contributed by atoms with Crippen molar-refractivity contribution in [2.45, 2.75) is 39.6 Å². The number of esters is 2. The third-order valence-electron chi connectivity index (χ3n) is 6.84. The minimum absolute atomic E-state index is 0.212. The van der Waals surface area contributed by atoms with Crippen molar-refractivity contribution in [2.24, 2.45) is 0 Å². The maximum Gasteiger partial charge on any atom is 0.338 e. The van der Waals surface area contributed by atoms with Crippen LogP contribution in [0.2, 0.25) is 0 Å². The number of hydrogen-bond donors (Lipinski definition) is 0. The molecule has 0 amide bonds. The number of ether oxygens (including phenoxy) is 2. The molecule has 0 spiro atoms. The molecule has 0 fully saturated rings. The Kier molecular flexibility index (Phi) is 4.40. The fourth-order valence-corrected chi connectivity index (χ4v) is 4.87. The number of imidazole rings is 1. The summed E-state index contributed by atoms with van der Waals surface area (Å²) in [5.41, 5.74) is 7.72. The minimum atomic E-state index is -0.246. The predicted molar refractivity (Wildman–Crippen MR) is 116 cm³/mol. The van der Waals surface area contributed by atoms with E-state index in [1.165, 1.54) is 11.1 Å². The standard InChI is InChI=1S/C25H23N3O4/c1-15-16(2-5-20-21(15)14-32-25(20)30)6-7-27-8-9-28-11-22(26-23(28)12-27)17-3-4-19-18(10-17)13-31-24(19)29/h2-5,10-11H,6-9,12-14H2,1H3. The van der Waals surface area contributed by atoms with E-state index in [9.17, 15) is 9.59 Å². The van der Waals surface area contributed by atoms with Crippen molar-refractivity contribution in [1.29, 1.82) is 0 Å². The van der Waals surface area contributed by atoms with E-state index in [2.05, 4.69) is 28.7 Å². The van der Waals surface area contributed by atoms with Gasteiger partial charge in [0, 0.05) is 42.5 Å². The predicted octanol–water partition coefficient (Wildman–Crippen LogP) is 3.26. The highest BCUT2D eigenvalue weighted by Crippen LogP contribution is 2.29. The Morgan fingerprint density at radius 3 is 2.72 bits per heavy atom. The molecule has 3 aromatic rings. The average Bonchev–Trinajstić information content (AvgIpc) is 3.50. The summed E-state index contributed by atoms with van der Waals surface area (Å²) in [7, 11) is 0. The SMILES string of the molecule is Cc1c(CCN2CCn3cc(-c4ccc5c(c4)COC5=O)nc3C2)ccc2c1COC2=O. The van der Waals surface area contributed by atoms with Crippen LogP contribution in [-0.4, -0.2) is 39.5 Å². The van der Waals surface area contributed by atoms with Gasteiger partial charge < -0.3 is 14.0 Å². The highest BCUT2D eigenvalue weighted by atomic mass is 16.5. The highest BCUT2D eigenvalue weighted by Gasteiger charge is 2.25. The van der Waals surface area contributed by atoms with E-state index in [1.54, 1.807) is 0 Å². The van der Waals surface area contributed by atoms with Gasteiger partial charge in [0.1, 0.15) is 19.0 Å². The lowest BCUT2D eigenvalue weighted by Gasteiger charge is -2.27. The van der Waals surface area contributed by atoms with Gasteiger partial charge in [-0.05, 0) is 42.7 Å². The first-order chi connectivity index (χ1) is 15.6. The van der Waals surface area contributed by atoms with Crippen molar-refractivity contribution in [1.82, 2.24) is 14.5 Å². The highest BCUT2D eigenvalue weighted by molar-refractivity contribution is 5.94. The van der Waals surface area contributed by atoms with Gasteiger partial charge in [0.15, 0.2) is 0 Å². The number of fused-ring (bicyclic) bond motifs is 3. The Hall–Kier alpha value is -3.45. The van der Waals surface area contributed by atoms with Gasteiger partial charge in [0.25, 0.3) is 0 Å². The smallest absolute Gasteiger partial charge is 0.338 e. The number of hydrogen-bond acceptors (Lipinski definition) is 6. The molecule has 3 aliphatic rings. The van der Waals surface area contributed by atoms with Crippen LogP contribution < -0.4 is 0 Å². The molecule has 0 unspecified atom stereocenters. The first-order valence-corrected chi connectivity index (χ1v) is 10.9. The van der Waals surface area contributed by atoms with Crippen molar-refractivity contribution in [3.05, 3.63) is 75.7 Å². The number of nitrogens with zero attached hydrogens (tertiary/aromatic N) is 3. The van der Waals surface area contributed by atoms with Crippen molar-refractivity contribution >= 4 is 11.9 Å². The summed E-state index contributed by atoms with van der Waals surface area (Å²) >= 11 is 0. The van der Waals surface area contributed by atoms with Crippen LogP contribution in [-0.2, 0) is 42.2 Å². The minimum Gasteiger partial charge on any atom is -0.457 e. The lowest BCUT2D eigenvalue weighted by atomic mass is 9.96. The van der Waals surface area contributed by atoms with Crippen LogP contribution in [0.1, 0.15) is 48.8 Å². The topological polar surface area (TPSA) is 73.7 Å². The molecule has 4 heterocycles. The second-order valence-electron chi connectivity index (χ2n) is 8.66. The number of carbonyl (C=O) groups excluding carboxylic acids is 2. The van der Waals surface area contributed by atoms with Crippen LogP contribution in [0.15, 0.2) is 36.5 Å². The number of aromatic nitrogens is 2. The molecule has 0 radical (unpaired) electrons. The van der Waals surface area contributed by atoms with Crippen LogP contribution in [0.4, 0.5) is 0 Å². The molecule has 0 saturated heterocycles. The zero-order valence-electron chi connectivity index (χ0n) is 17.9. The molecule has 32 heavy (non-hydrogen) atoms. The molecule has 3 aliphatic heterocycles. The first kappa shape index (κ1) is 19.3. The van der Waals surface area contributed by atoms with E-state index in [-0.39, 0.29) is 11.9 Å². The van der Waals surface area contributed by atoms with Crippen LogP contribution in [0, 0.1) is 6.92 Å². The molecule has 0 atom stereocenters. The third-order valence-corrected chi connectivity index (χ3v) is 6.84. The largest absolute Gasteiger partial charge is 0.457 e. The Morgan fingerprint density at radius 2 is 1.81 bits per heavy atom. The average molecular weight is 429 g/mol. The fraction of sp³-hybridized carbons (Fsp3) is 0.320. The van der Waals surface area contributed by atoms with Crippen LogP contribution in [0.25, 0.3) is 11.3 Å². The molecule has 0 saturated carbocycles. The van der Waals surface area contributed by atoms with E-state index >= 15 is 0 Å². The van der Waals surface area contributed by atoms with E-state index < -0.39 is 0 Å². The summed E-state index contributed by atoms with van der Waals surface area (Å²) in [5, 5.41) is 0. The second-order valence-corrected chi connectivity index (χ2v) is 8.66. The van der Waals surface area contributed by atoms with E-state index in [0.29, 0.717) is 24.3 Å². The zero-order valence-corrected chi connectivity index (χ0v) is 17.9. The molecular formula is C25H23N3O4. The van der Waals surface area contributed by atoms with Gasteiger partial charge in [0.2, 0.25) is 0 Å². The molecule has 1 aromatic heterocycles. The van der Waals surface area contributed by atoms with Crippen molar-refractivity contribution in [3.63, 3.8) is 0 Å². The van der Waals surface area contributed by atoms with Crippen molar-refractivity contribution < 1.29 is 19.1 Å². The Bertz CT molecular complexity index is 1280. The maximum absolute atomic E-state index is 11.8. The molecule has 0 aliphatic carbocycles. The lowest BCUT2D eigenvalue weighted by Crippen LogP contribution is -2.35. The third kappa shape index (κ3) is 3.12. The summed E-state index contributed by atoms with van der Waals surface area (Å²) in [6.07, 6.45) is 3.04. The zero-order chi connectivity index (χ0) is 21.8. The molecule has 7 nitrogen and oxygen atoms in total. The van der Waals surface area contributed by atoms with Gasteiger partial charge in [-0.25, -0.2) is 14.6 Å². The van der Waals surface area contributed by atoms with Crippen LogP contribution in [0.3, 0.4) is 0 Å². The second kappa shape index (κ2) is 7.31. The normalized spacial score (nSPS) is 17.0. The van der Waals surface area contributed by atoms with Crippen molar-refractivity contribution in [3.8, 4) is 11.3 Å². The van der Waals surface area contributed by atoms with Gasteiger partial charge in [-0.1, -0.05) is 12.1 Å². The lowest BCUT2D eigenvalue weighted by molar-refractivity contribution is 0.0526. The summed E-state index contributed by atoms with van der Waals surface area (Å²) < 4.78 is 12.5. The number of carbonyl (C=O) groups is 2. The Balaban J connectivity index is 1.16. The summed E-state index contributed by atoms with van der Waals surface area (Å²) in [6, 6.07) is 9.76. The van der Waals surface area contributed by atoms with Crippen LogP contribution >= 0.6 is 0 Å². The summed E-state index contributed by atoms with van der Waals surface area (Å²) in [5.74, 6) is 0.601. The first-order valence-electron chi connectivity index (χ1n) is 10.9. The van der Waals surface area contributed by atoms with Gasteiger partial charge in [-0.15, -0.1) is 0 Å². The van der Waals surface area contributed by atoms with Crippen LogP contribution in [0.5, 0.6) is 0 Å². The molecule has 0 bridgehead atoms. The fourth-order valence-electron chi connectivity index (χ4n) is 4.87. The quantitative estimate of drug-likeness (QED) is 0.593. The molecule has 162 valence electrons. The molecule has 0 N–H and O–H groups in total. The Labute approximate surface area is 185 Å². The maximum atomic E-state index is 11.8. The van der Waals surface area contributed by atoms with Gasteiger partial charge in [-0.2, -0.15) is 0 Å². The molecule has 7 heteroatoms. The monoisotopic (exact) mass is 429 g/mol. The summed E-state index contributed by atoms with van der Waals surface area (Å²) in [4.78, 5) is 30.8. The number of benzene rings is 2. The summed E-state index contributed by atoms with van der Waals surface area (Å²) in [6.45, 7) is 6.43. The van der Waals surface area contributed by atoms with E-state index in [4.69, 9.17) is 14.5 Å². The number of cyclic esters (lactones) is 2. The molecule has 2 aromatic carbocycles. The van der Waals surface area contributed by atoms with Gasteiger partial charge in [0.05, 0.1) is 23.4 Å². The van der Waals surface area contributed by atoms with Crippen molar-refractivity contribution in [2.75, 3.05) is 13.1 Å². The molecular weight excluding hydrogens is 406 g/mol. The van der Waals surface area contributed by atoms with Gasteiger partial charge >= 0.3 is 11.9 Å². The van der Waals surface area contributed by atoms with E-state index in [1.807, 2.05) is 24.3 Å². The number of rotatable bonds is 4. The van der Waals surface area contributed by atoms with Gasteiger partial charge in [-0.3, -0.25) is 4.90 Å².